The van der Waals surface area contributed by atoms with Crippen LogP contribution in [-0.2, 0) is 6.54 Å². The normalized spacial score (nSPS) is 11.6. The quantitative estimate of drug-likeness (QED) is 0.846. The van der Waals surface area contributed by atoms with E-state index in [-0.39, 0.29) is 0 Å². The van der Waals surface area contributed by atoms with Gasteiger partial charge in [0, 0.05) is 31.2 Å². The fraction of sp³-hybridized carbons (Fsp3) is 0.643. The lowest BCUT2D eigenvalue weighted by molar-refractivity contribution is 0.547. The Morgan fingerprint density at radius 3 is 2.74 bits per heavy atom. The van der Waals surface area contributed by atoms with Crippen molar-refractivity contribution in [1.29, 1.82) is 0 Å². The highest BCUT2D eigenvalue weighted by Gasteiger charge is 2.16. The molecule has 0 atom stereocenters. The van der Waals surface area contributed by atoms with E-state index < -0.39 is 0 Å². The van der Waals surface area contributed by atoms with Crippen molar-refractivity contribution >= 4 is 22.1 Å². The van der Waals surface area contributed by atoms with E-state index in [2.05, 4.69) is 53.9 Å². The van der Waals surface area contributed by atoms with E-state index in [1.165, 1.54) is 5.69 Å². The smallest absolute Gasteiger partial charge is 0.195 e. The van der Waals surface area contributed by atoms with Gasteiger partial charge in [0.1, 0.15) is 0 Å². The van der Waals surface area contributed by atoms with Crippen molar-refractivity contribution in [3.63, 3.8) is 0 Å². The molecule has 0 amide bonds. The summed E-state index contributed by atoms with van der Waals surface area (Å²) in [5, 5.41) is 5.63. The standard InChI is InChI=1S/C14H24N4S/c1-5-17(6-2)13-12(10-15-9-11(3)4)18-7-8-19-14(18)16-13/h7-8,11,15H,5-6,9-10H2,1-4H3. The first kappa shape index (κ1) is 14.3. The molecule has 19 heavy (non-hydrogen) atoms. The lowest BCUT2D eigenvalue weighted by Crippen LogP contribution is -2.26. The molecule has 0 bridgehead atoms. The number of aromatic nitrogens is 2. The Balaban J connectivity index is 2.26. The summed E-state index contributed by atoms with van der Waals surface area (Å²) in [5.74, 6) is 1.80. The lowest BCUT2D eigenvalue weighted by Gasteiger charge is -2.20. The number of hydrogen-bond donors (Lipinski definition) is 1. The van der Waals surface area contributed by atoms with Gasteiger partial charge in [0.2, 0.25) is 0 Å². The van der Waals surface area contributed by atoms with Gasteiger partial charge in [-0.25, -0.2) is 4.98 Å². The van der Waals surface area contributed by atoms with E-state index in [4.69, 9.17) is 4.98 Å². The van der Waals surface area contributed by atoms with Crippen LogP contribution in [0.3, 0.4) is 0 Å². The van der Waals surface area contributed by atoms with Gasteiger partial charge in [0.25, 0.3) is 0 Å². The minimum absolute atomic E-state index is 0.669. The zero-order valence-electron chi connectivity index (χ0n) is 12.3. The molecule has 2 aromatic heterocycles. The topological polar surface area (TPSA) is 32.6 Å². The van der Waals surface area contributed by atoms with Crippen molar-refractivity contribution in [2.45, 2.75) is 34.2 Å². The van der Waals surface area contributed by atoms with Crippen LogP contribution in [0, 0.1) is 5.92 Å². The number of hydrogen-bond acceptors (Lipinski definition) is 4. The zero-order chi connectivity index (χ0) is 13.8. The molecule has 0 aliphatic carbocycles. The molecule has 0 aliphatic heterocycles. The van der Waals surface area contributed by atoms with Gasteiger partial charge in [-0.1, -0.05) is 13.8 Å². The molecule has 5 heteroatoms. The van der Waals surface area contributed by atoms with E-state index in [0.717, 1.165) is 37.0 Å². The molecule has 1 N–H and O–H groups in total. The van der Waals surface area contributed by atoms with E-state index in [9.17, 15) is 0 Å². The van der Waals surface area contributed by atoms with Crippen LogP contribution in [0.2, 0.25) is 0 Å². The van der Waals surface area contributed by atoms with Gasteiger partial charge in [-0.05, 0) is 26.3 Å². The third-order valence-corrected chi connectivity index (χ3v) is 4.00. The van der Waals surface area contributed by atoms with Crippen LogP contribution in [0.15, 0.2) is 11.6 Å². The molecule has 0 aliphatic rings. The summed E-state index contributed by atoms with van der Waals surface area (Å²) in [4.78, 5) is 8.19. The van der Waals surface area contributed by atoms with Crippen molar-refractivity contribution in [3.05, 3.63) is 17.3 Å². The van der Waals surface area contributed by atoms with E-state index >= 15 is 0 Å². The molecule has 2 aromatic rings. The van der Waals surface area contributed by atoms with Crippen LogP contribution in [0.4, 0.5) is 5.82 Å². The fourth-order valence-electron chi connectivity index (χ4n) is 2.24. The molecule has 0 fully saturated rings. The molecule has 2 heterocycles. The van der Waals surface area contributed by atoms with E-state index in [1.807, 2.05) is 0 Å². The highest BCUT2D eigenvalue weighted by Crippen LogP contribution is 2.24. The molecule has 0 radical (unpaired) electrons. The van der Waals surface area contributed by atoms with Gasteiger partial charge in [0.15, 0.2) is 10.8 Å². The third kappa shape index (κ3) is 3.09. The summed E-state index contributed by atoms with van der Waals surface area (Å²) in [6.45, 7) is 12.7. The molecule has 0 unspecified atom stereocenters. The van der Waals surface area contributed by atoms with Crippen LogP contribution in [0.1, 0.15) is 33.4 Å². The SMILES string of the molecule is CCN(CC)c1nc2sccn2c1CNCC(C)C. The van der Waals surface area contributed by atoms with Gasteiger partial charge in [-0.15, -0.1) is 11.3 Å². The molecule has 4 nitrogen and oxygen atoms in total. The minimum atomic E-state index is 0.669. The van der Waals surface area contributed by atoms with Gasteiger partial charge < -0.3 is 10.2 Å². The van der Waals surface area contributed by atoms with Crippen molar-refractivity contribution < 1.29 is 0 Å². The van der Waals surface area contributed by atoms with Crippen LogP contribution >= 0.6 is 11.3 Å². The third-order valence-electron chi connectivity index (χ3n) is 3.25. The maximum absolute atomic E-state index is 4.78. The number of nitrogens with one attached hydrogen (secondary N) is 1. The predicted octanol–water partition coefficient (Wildman–Crippen LogP) is 2.99. The Labute approximate surface area is 119 Å². The Morgan fingerprint density at radius 1 is 1.37 bits per heavy atom. The molecule has 0 aromatic carbocycles. The monoisotopic (exact) mass is 280 g/mol. The van der Waals surface area contributed by atoms with Crippen LogP contribution in [0.25, 0.3) is 4.96 Å². The van der Waals surface area contributed by atoms with Gasteiger partial charge in [-0.2, -0.15) is 0 Å². The fourth-order valence-corrected chi connectivity index (χ4v) is 2.97. The van der Waals surface area contributed by atoms with Crippen molar-refractivity contribution in [2.75, 3.05) is 24.5 Å². The largest absolute Gasteiger partial charge is 0.356 e. The first-order valence-electron chi connectivity index (χ1n) is 7.07. The molecular formula is C14H24N4S. The van der Waals surface area contributed by atoms with Crippen LogP contribution in [0.5, 0.6) is 0 Å². The zero-order valence-corrected chi connectivity index (χ0v) is 13.1. The minimum Gasteiger partial charge on any atom is -0.356 e. The summed E-state index contributed by atoms with van der Waals surface area (Å²) < 4.78 is 2.21. The molecule has 0 saturated carbocycles. The maximum atomic E-state index is 4.78. The Bertz CT molecular complexity index is 510. The molecule has 0 spiro atoms. The molecular weight excluding hydrogens is 256 g/mol. The van der Waals surface area contributed by atoms with Gasteiger partial charge in [0.05, 0.1) is 5.69 Å². The molecule has 2 rings (SSSR count). The number of thiazole rings is 1. The number of nitrogens with zero attached hydrogens (tertiary/aromatic N) is 3. The first-order valence-corrected chi connectivity index (χ1v) is 7.95. The van der Waals surface area contributed by atoms with Gasteiger partial charge >= 0.3 is 0 Å². The number of rotatable bonds is 7. The van der Waals surface area contributed by atoms with Crippen molar-refractivity contribution in [1.82, 2.24) is 14.7 Å². The Morgan fingerprint density at radius 2 is 2.11 bits per heavy atom. The summed E-state index contributed by atoms with van der Waals surface area (Å²) in [7, 11) is 0. The Hall–Kier alpha value is -1.07. The van der Waals surface area contributed by atoms with E-state index in [0.29, 0.717) is 5.92 Å². The summed E-state index contributed by atoms with van der Waals surface area (Å²) in [5.41, 5.74) is 1.28. The number of fused-ring (bicyclic) bond motifs is 1. The average Bonchev–Trinajstić information content (AvgIpc) is 2.93. The van der Waals surface area contributed by atoms with E-state index in [1.54, 1.807) is 11.3 Å². The Kier molecular flexibility index (Phi) is 4.82. The second kappa shape index (κ2) is 6.39. The average molecular weight is 280 g/mol. The second-order valence-electron chi connectivity index (χ2n) is 5.13. The summed E-state index contributed by atoms with van der Waals surface area (Å²) in [6, 6.07) is 0. The summed E-state index contributed by atoms with van der Waals surface area (Å²) >= 11 is 1.70. The van der Waals surface area contributed by atoms with Gasteiger partial charge in [-0.3, -0.25) is 4.40 Å². The van der Waals surface area contributed by atoms with Crippen LogP contribution < -0.4 is 10.2 Å². The first-order chi connectivity index (χ1) is 9.17. The second-order valence-corrected chi connectivity index (χ2v) is 6.01. The summed E-state index contributed by atoms with van der Waals surface area (Å²) in [6.07, 6.45) is 2.12. The predicted molar refractivity (Wildman–Crippen MR) is 83.2 cm³/mol. The highest BCUT2D eigenvalue weighted by atomic mass is 32.1. The number of anilines is 1. The number of imidazole rings is 1. The molecule has 106 valence electrons. The van der Waals surface area contributed by atoms with Crippen molar-refractivity contribution in [3.8, 4) is 0 Å². The lowest BCUT2D eigenvalue weighted by atomic mass is 10.2. The maximum Gasteiger partial charge on any atom is 0.195 e. The highest BCUT2D eigenvalue weighted by molar-refractivity contribution is 7.15. The van der Waals surface area contributed by atoms with Crippen LogP contribution in [-0.4, -0.2) is 29.0 Å². The van der Waals surface area contributed by atoms with Crippen molar-refractivity contribution in [2.24, 2.45) is 5.92 Å². The molecule has 0 saturated heterocycles.